The molecular formula is C19H30N2O2. The van der Waals surface area contributed by atoms with E-state index < -0.39 is 0 Å². The standard InChI is InChI=1S/C19H30N2O2/c1-5-20(6-2)12-13-21(15(3)22)17-11-10-16-8-7-9-19(23-4)18(16)14-17/h7-9,17H,5-6,10-14H2,1-4H3. The van der Waals surface area contributed by atoms with Crippen LogP contribution in [-0.2, 0) is 17.6 Å². The van der Waals surface area contributed by atoms with Gasteiger partial charge in [0.15, 0.2) is 0 Å². The van der Waals surface area contributed by atoms with Crippen LogP contribution in [0.3, 0.4) is 0 Å². The van der Waals surface area contributed by atoms with E-state index in [2.05, 4.69) is 35.8 Å². The van der Waals surface area contributed by atoms with Crippen molar-refractivity contribution < 1.29 is 9.53 Å². The number of hydrogen-bond donors (Lipinski definition) is 0. The Bertz CT molecular complexity index is 512. The molecule has 1 aliphatic rings. The lowest BCUT2D eigenvalue weighted by Crippen LogP contribution is -2.46. The molecule has 4 nitrogen and oxygen atoms in total. The van der Waals surface area contributed by atoms with E-state index in [0.29, 0.717) is 0 Å². The molecule has 1 aliphatic carbocycles. The third kappa shape index (κ3) is 4.25. The fourth-order valence-electron chi connectivity index (χ4n) is 3.58. The molecule has 1 amide bonds. The van der Waals surface area contributed by atoms with Gasteiger partial charge in [0, 0.05) is 26.1 Å². The molecule has 23 heavy (non-hydrogen) atoms. The first kappa shape index (κ1) is 17.8. The van der Waals surface area contributed by atoms with Crippen molar-refractivity contribution in [2.75, 3.05) is 33.3 Å². The zero-order valence-corrected chi connectivity index (χ0v) is 15.0. The van der Waals surface area contributed by atoms with E-state index in [1.807, 2.05) is 6.07 Å². The second-order valence-corrected chi connectivity index (χ2v) is 6.23. The first-order chi connectivity index (χ1) is 11.1. The van der Waals surface area contributed by atoms with E-state index in [4.69, 9.17) is 4.74 Å². The Labute approximate surface area is 140 Å². The Morgan fingerprint density at radius 3 is 2.61 bits per heavy atom. The van der Waals surface area contributed by atoms with E-state index in [1.165, 1.54) is 11.1 Å². The highest BCUT2D eigenvalue weighted by atomic mass is 16.5. The number of carbonyl (C=O) groups excluding carboxylic acids is 1. The summed E-state index contributed by atoms with van der Waals surface area (Å²) < 4.78 is 5.52. The number of ether oxygens (including phenoxy) is 1. The number of amides is 1. The Balaban J connectivity index is 2.10. The maximum atomic E-state index is 12.2. The van der Waals surface area contributed by atoms with Crippen molar-refractivity contribution >= 4 is 5.91 Å². The summed E-state index contributed by atoms with van der Waals surface area (Å²) >= 11 is 0. The highest BCUT2D eigenvalue weighted by Crippen LogP contribution is 2.31. The number of methoxy groups -OCH3 is 1. The van der Waals surface area contributed by atoms with Gasteiger partial charge in [0.1, 0.15) is 5.75 Å². The highest BCUT2D eigenvalue weighted by molar-refractivity contribution is 5.73. The molecule has 0 saturated heterocycles. The van der Waals surface area contributed by atoms with Gasteiger partial charge >= 0.3 is 0 Å². The lowest BCUT2D eigenvalue weighted by molar-refractivity contribution is -0.131. The first-order valence-corrected chi connectivity index (χ1v) is 8.75. The van der Waals surface area contributed by atoms with E-state index in [9.17, 15) is 4.79 Å². The summed E-state index contributed by atoms with van der Waals surface area (Å²) in [4.78, 5) is 16.6. The number of fused-ring (bicyclic) bond motifs is 1. The topological polar surface area (TPSA) is 32.8 Å². The monoisotopic (exact) mass is 318 g/mol. The zero-order valence-electron chi connectivity index (χ0n) is 15.0. The van der Waals surface area contributed by atoms with Crippen molar-refractivity contribution in [2.45, 2.75) is 46.1 Å². The van der Waals surface area contributed by atoms with Crippen LogP contribution in [-0.4, -0.2) is 55.0 Å². The largest absolute Gasteiger partial charge is 0.496 e. The summed E-state index contributed by atoms with van der Waals surface area (Å²) in [6.45, 7) is 9.85. The van der Waals surface area contributed by atoms with Crippen molar-refractivity contribution in [3.8, 4) is 5.75 Å². The van der Waals surface area contributed by atoms with Gasteiger partial charge in [-0.25, -0.2) is 0 Å². The molecule has 0 N–H and O–H groups in total. The van der Waals surface area contributed by atoms with Crippen molar-refractivity contribution in [1.82, 2.24) is 9.80 Å². The third-order valence-electron chi connectivity index (χ3n) is 5.03. The summed E-state index contributed by atoms with van der Waals surface area (Å²) in [5.41, 5.74) is 2.65. The first-order valence-electron chi connectivity index (χ1n) is 8.75. The maximum absolute atomic E-state index is 12.2. The van der Waals surface area contributed by atoms with Gasteiger partial charge in [-0.3, -0.25) is 4.79 Å². The summed E-state index contributed by atoms with van der Waals surface area (Å²) in [6, 6.07) is 6.55. The molecule has 1 unspecified atom stereocenters. The van der Waals surface area contributed by atoms with Crippen molar-refractivity contribution in [3.63, 3.8) is 0 Å². The molecule has 0 heterocycles. The van der Waals surface area contributed by atoms with Crippen LogP contribution in [0.1, 0.15) is 38.3 Å². The fraction of sp³-hybridized carbons (Fsp3) is 0.632. The van der Waals surface area contributed by atoms with Crippen LogP contribution in [0.15, 0.2) is 18.2 Å². The normalized spacial score (nSPS) is 17.0. The molecular weight excluding hydrogens is 288 g/mol. The lowest BCUT2D eigenvalue weighted by atomic mass is 9.86. The number of rotatable bonds is 7. The Morgan fingerprint density at radius 1 is 1.26 bits per heavy atom. The molecule has 0 radical (unpaired) electrons. The number of likely N-dealkylation sites (N-methyl/N-ethyl adjacent to an activating group) is 1. The van der Waals surface area contributed by atoms with Gasteiger partial charge in [-0.05, 0) is 49.5 Å². The molecule has 0 spiro atoms. The molecule has 4 heteroatoms. The molecule has 2 rings (SSSR count). The van der Waals surface area contributed by atoms with Gasteiger partial charge in [0.2, 0.25) is 5.91 Å². The fourth-order valence-corrected chi connectivity index (χ4v) is 3.58. The summed E-state index contributed by atoms with van der Waals surface area (Å²) in [5.74, 6) is 1.14. The molecule has 0 fully saturated rings. The predicted octanol–water partition coefficient (Wildman–Crippen LogP) is 2.74. The summed E-state index contributed by atoms with van der Waals surface area (Å²) in [7, 11) is 1.72. The van der Waals surface area contributed by atoms with E-state index >= 15 is 0 Å². The van der Waals surface area contributed by atoms with Crippen molar-refractivity contribution in [1.29, 1.82) is 0 Å². The molecule has 128 valence electrons. The summed E-state index contributed by atoms with van der Waals surface area (Å²) in [6.07, 6.45) is 2.96. The molecule has 0 aliphatic heterocycles. The molecule has 1 aromatic rings. The number of carbonyl (C=O) groups is 1. The second-order valence-electron chi connectivity index (χ2n) is 6.23. The van der Waals surface area contributed by atoms with Crippen molar-refractivity contribution in [3.05, 3.63) is 29.3 Å². The van der Waals surface area contributed by atoms with Gasteiger partial charge < -0.3 is 14.5 Å². The van der Waals surface area contributed by atoms with Gasteiger partial charge in [-0.1, -0.05) is 26.0 Å². The second kappa shape index (κ2) is 8.34. The van der Waals surface area contributed by atoms with Gasteiger partial charge in [0.05, 0.1) is 7.11 Å². The van der Waals surface area contributed by atoms with Crippen LogP contribution < -0.4 is 4.74 Å². The van der Waals surface area contributed by atoms with Crippen LogP contribution >= 0.6 is 0 Å². The minimum Gasteiger partial charge on any atom is -0.496 e. The molecule has 1 atom stereocenters. The quantitative estimate of drug-likeness (QED) is 0.775. The minimum absolute atomic E-state index is 0.181. The van der Waals surface area contributed by atoms with Gasteiger partial charge in [-0.15, -0.1) is 0 Å². The average Bonchev–Trinajstić information content (AvgIpc) is 2.57. The maximum Gasteiger partial charge on any atom is 0.219 e. The van der Waals surface area contributed by atoms with Crippen molar-refractivity contribution in [2.24, 2.45) is 0 Å². The predicted molar refractivity (Wildman–Crippen MR) is 94.0 cm³/mol. The Kier molecular flexibility index (Phi) is 6.46. The molecule has 1 aromatic carbocycles. The number of aryl methyl sites for hydroxylation is 1. The average molecular weight is 318 g/mol. The highest BCUT2D eigenvalue weighted by Gasteiger charge is 2.27. The number of benzene rings is 1. The van der Waals surface area contributed by atoms with Crippen LogP contribution in [0, 0.1) is 0 Å². The smallest absolute Gasteiger partial charge is 0.219 e. The van der Waals surface area contributed by atoms with Crippen LogP contribution in [0.5, 0.6) is 5.75 Å². The number of hydrogen-bond acceptors (Lipinski definition) is 3. The zero-order chi connectivity index (χ0) is 16.8. The molecule has 0 saturated carbocycles. The van der Waals surface area contributed by atoms with Crippen LogP contribution in [0.4, 0.5) is 0 Å². The molecule has 0 aromatic heterocycles. The Morgan fingerprint density at radius 2 is 2.00 bits per heavy atom. The van der Waals surface area contributed by atoms with E-state index in [0.717, 1.165) is 51.2 Å². The van der Waals surface area contributed by atoms with Gasteiger partial charge in [0.25, 0.3) is 0 Å². The number of nitrogens with zero attached hydrogens (tertiary/aromatic N) is 2. The molecule has 0 bridgehead atoms. The minimum atomic E-state index is 0.181. The van der Waals surface area contributed by atoms with Crippen LogP contribution in [0.25, 0.3) is 0 Å². The van der Waals surface area contributed by atoms with E-state index in [1.54, 1.807) is 14.0 Å². The third-order valence-corrected chi connectivity index (χ3v) is 5.03. The van der Waals surface area contributed by atoms with E-state index in [-0.39, 0.29) is 11.9 Å². The summed E-state index contributed by atoms with van der Waals surface area (Å²) in [5, 5.41) is 0. The van der Waals surface area contributed by atoms with Crippen LogP contribution in [0.2, 0.25) is 0 Å². The SMILES string of the molecule is CCN(CC)CCN(C(C)=O)C1CCc2cccc(OC)c2C1. The van der Waals surface area contributed by atoms with Gasteiger partial charge in [-0.2, -0.15) is 0 Å². The lowest BCUT2D eigenvalue weighted by Gasteiger charge is -2.36. The Hall–Kier alpha value is -1.55.